The fraction of sp³-hybridized carbons (Fsp3) is 0.527. The molecule has 5 heterocycles. The van der Waals surface area contributed by atoms with E-state index in [-0.39, 0.29) is 52.5 Å². The number of aromatic amines is 2. The van der Waals surface area contributed by atoms with Gasteiger partial charge in [-0.05, 0) is 100.0 Å². The molecule has 9 rings (SSSR count). The van der Waals surface area contributed by atoms with Crippen molar-refractivity contribution in [3.8, 4) is 43.4 Å². The third-order valence-electron chi connectivity index (χ3n) is 15.3. The van der Waals surface area contributed by atoms with Gasteiger partial charge in [-0.25, -0.2) is 14.8 Å². The number of methoxy groups -OCH3 is 1. The number of benzene rings is 2. The first-order chi connectivity index (χ1) is 32.7. The van der Waals surface area contributed by atoms with E-state index in [1.165, 1.54) is 71.7 Å². The summed E-state index contributed by atoms with van der Waals surface area (Å²) in [6.07, 6.45) is 12.0. The first-order valence-corrected chi connectivity index (χ1v) is 25.7. The van der Waals surface area contributed by atoms with Crippen LogP contribution in [-0.4, -0.2) is 85.8 Å². The number of H-pyrrole nitrogens is 2. The number of ether oxygens (including phenoxy) is 1. The number of hydrogen-bond acceptors (Lipinski definition) is 8. The summed E-state index contributed by atoms with van der Waals surface area (Å²) >= 11 is 1.90. The highest BCUT2D eigenvalue weighted by Gasteiger charge is 2.47. The Hall–Kier alpha value is -5.76. The normalized spacial score (nSPS) is 21.0. The topological polar surface area (TPSA) is 165 Å². The van der Waals surface area contributed by atoms with Crippen LogP contribution in [0.25, 0.3) is 43.4 Å². The number of fused-ring (bicyclic) bond motifs is 1. The average molecular weight is 955 g/mol. The molecule has 3 fully saturated rings. The van der Waals surface area contributed by atoms with Gasteiger partial charge in [0.1, 0.15) is 23.7 Å². The van der Waals surface area contributed by atoms with Crippen molar-refractivity contribution in [3.05, 3.63) is 83.7 Å². The summed E-state index contributed by atoms with van der Waals surface area (Å²) in [6.45, 7) is 19.1. The predicted molar refractivity (Wildman–Crippen MR) is 271 cm³/mol. The molecule has 69 heavy (non-hydrogen) atoms. The van der Waals surface area contributed by atoms with Crippen molar-refractivity contribution in [2.45, 2.75) is 138 Å². The van der Waals surface area contributed by atoms with Crippen molar-refractivity contribution in [3.63, 3.8) is 0 Å². The number of amides is 4. The number of carbonyl (C=O) groups is 4. The van der Waals surface area contributed by atoms with E-state index in [1.54, 1.807) is 0 Å². The average Bonchev–Trinajstić information content (AvgIpc) is 4.18. The van der Waals surface area contributed by atoms with Crippen LogP contribution in [0, 0.1) is 28.1 Å². The molecule has 1 spiro atoms. The second-order valence-electron chi connectivity index (χ2n) is 22.8. The minimum atomic E-state index is -0.710. The van der Waals surface area contributed by atoms with Gasteiger partial charge in [-0.15, -0.1) is 11.3 Å². The second-order valence-corrected chi connectivity index (χ2v) is 23.8. The molecule has 0 radical (unpaired) electrons. The van der Waals surface area contributed by atoms with Crippen molar-refractivity contribution in [2.75, 3.05) is 20.2 Å². The summed E-state index contributed by atoms with van der Waals surface area (Å²) in [4.78, 5) is 75.6. The lowest BCUT2D eigenvalue weighted by Gasteiger charge is -2.30. The summed E-state index contributed by atoms with van der Waals surface area (Å²) in [5.74, 6) is 0.934. The number of rotatable bonds is 12. The molecule has 2 aromatic carbocycles. The van der Waals surface area contributed by atoms with Gasteiger partial charge >= 0.3 is 6.09 Å². The predicted octanol–water partition coefficient (Wildman–Crippen LogP) is 10.7. The van der Waals surface area contributed by atoms with Crippen molar-refractivity contribution >= 4 is 35.2 Å². The fourth-order valence-corrected chi connectivity index (χ4v) is 13.2. The van der Waals surface area contributed by atoms with E-state index in [1.807, 2.05) is 61.2 Å². The van der Waals surface area contributed by atoms with E-state index in [0.717, 1.165) is 59.8 Å². The lowest BCUT2D eigenvalue weighted by atomic mass is 9.83. The third kappa shape index (κ3) is 9.62. The van der Waals surface area contributed by atoms with Crippen molar-refractivity contribution < 1.29 is 23.9 Å². The monoisotopic (exact) mass is 955 g/mol. The molecule has 4 aliphatic rings. The zero-order valence-electron chi connectivity index (χ0n) is 42.0. The molecule has 366 valence electrons. The highest BCUT2D eigenvalue weighted by Crippen LogP contribution is 2.56. The number of alkyl carbamates (subject to hydrolysis) is 1. The second kappa shape index (κ2) is 18.5. The lowest BCUT2D eigenvalue weighted by molar-refractivity contribution is -0.138. The first-order valence-electron chi connectivity index (χ1n) is 24.9. The van der Waals surface area contributed by atoms with Crippen LogP contribution in [0.2, 0.25) is 0 Å². The number of imidazole rings is 2. The minimum absolute atomic E-state index is 0.0451. The van der Waals surface area contributed by atoms with Gasteiger partial charge in [0.05, 0.1) is 43.0 Å². The zero-order chi connectivity index (χ0) is 49.2. The number of aromatic nitrogens is 4. The Balaban J connectivity index is 0.954. The molecular formula is C55H70N8O5S. The van der Waals surface area contributed by atoms with Crippen LogP contribution in [0.1, 0.15) is 136 Å². The van der Waals surface area contributed by atoms with Crippen LogP contribution in [0.5, 0.6) is 0 Å². The molecule has 5 aromatic rings. The number of nitrogens with one attached hydrogen (secondary N) is 4. The highest BCUT2D eigenvalue weighted by molar-refractivity contribution is 7.19. The Morgan fingerprint density at radius 3 is 1.46 bits per heavy atom. The summed E-state index contributed by atoms with van der Waals surface area (Å²) in [7, 11) is 1.31. The summed E-state index contributed by atoms with van der Waals surface area (Å²) in [5.41, 5.74) is 9.43. The lowest BCUT2D eigenvalue weighted by Crippen LogP contribution is -2.51. The molecule has 13 nitrogen and oxygen atoms in total. The molecule has 2 saturated heterocycles. The van der Waals surface area contributed by atoms with E-state index >= 15 is 0 Å². The molecule has 1 saturated carbocycles. The molecule has 3 aromatic heterocycles. The SMILES string of the molecule is COC(=O)N[C@H](C(=O)N1CC(C)(C)C[C@H]1c1ncc(-c2ccc(-c3sc(-c4ccc(-c5cnc([C@@H]6CC(C)(C)CN6C(=O)[C@@H](NC(C)=O)C(C)C)[nH]5)cc4)c4c3CC3(CCCC3)C4)cc2)[nH]1)C(C)C. The van der Waals surface area contributed by atoms with E-state index in [2.05, 4.69) is 96.8 Å². The van der Waals surface area contributed by atoms with Gasteiger partial charge in [-0.2, -0.15) is 0 Å². The molecule has 4 amide bonds. The van der Waals surface area contributed by atoms with Crippen LogP contribution in [-0.2, 0) is 32.0 Å². The number of carbonyl (C=O) groups excluding carboxylic acids is 4. The molecule has 4 N–H and O–H groups in total. The Morgan fingerprint density at radius 1 is 0.667 bits per heavy atom. The molecular weight excluding hydrogens is 885 g/mol. The van der Waals surface area contributed by atoms with Crippen LogP contribution < -0.4 is 10.6 Å². The first kappa shape index (κ1) is 48.3. The highest BCUT2D eigenvalue weighted by atomic mass is 32.1. The summed E-state index contributed by atoms with van der Waals surface area (Å²) in [5, 5.41) is 5.65. The van der Waals surface area contributed by atoms with Crippen LogP contribution in [0.3, 0.4) is 0 Å². The van der Waals surface area contributed by atoms with Gasteiger partial charge in [0.25, 0.3) is 0 Å². The number of nitrogens with zero attached hydrogens (tertiary/aromatic N) is 4. The summed E-state index contributed by atoms with van der Waals surface area (Å²) < 4.78 is 4.85. The largest absolute Gasteiger partial charge is 0.453 e. The maximum atomic E-state index is 14.0. The summed E-state index contributed by atoms with van der Waals surface area (Å²) in [6, 6.07) is 15.9. The van der Waals surface area contributed by atoms with Gasteiger partial charge in [-0.1, -0.05) is 117 Å². The Bertz CT molecular complexity index is 2720. The van der Waals surface area contributed by atoms with Crippen molar-refractivity contribution in [1.29, 1.82) is 0 Å². The Kier molecular flexibility index (Phi) is 13.0. The van der Waals surface area contributed by atoms with Crippen molar-refractivity contribution in [2.24, 2.45) is 28.1 Å². The minimum Gasteiger partial charge on any atom is -0.453 e. The molecule has 0 bridgehead atoms. The number of thiophene rings is 1. The van der Waals surface area contributed by atoms with E-state index < -0.39 is 18.2 Å². The van der Waals surface area contributed by atoms with Gasteiger partial charge in [-0.3, -0.25) is 14.4 Å². The van der Waals surface area contributed by atoms with Crippen molar-refractivity contribution in [1.82, 2.24) is 40.4 Å². The molecule has 14 heteroatoms. The van der Waals surface area contributed by atoms with Gasteiger partial charge in [0.2, 0.25) is 17.7 Å². The zero-order valence-corrected chi connectivity index (χ0v) is 42.9. The number of likely N-dealkylation sites (tertiary alicyclic amines) is 2. The number of hydrogen-bond donors (Lipinski definition) is 4. The van der Waals surface area contributed by atoms with E-state index in [4.69, 9.17) is 14.7 Å². The maximum Gasteiger partial charge on any atom is 0.407 e. The van der Waals surface area contributed by atoms with Gasteiger partial charge in [0.15, 0.2) is 0 Å². The smallest absolute Gasteiger partial charge is 0.407 e. The van der Waals surface area contributed by atoms with Crippen LogP contribution in [0.15, 0.2) is 60.9 Å². The Labute approximate surface area is 411 Å². The van der Waals surface area contributed by atoms with E-state index in [9.17, 15) is 19.2 Å². The molecule has 2 aliphatic heterocycles. The molecule has 2 aliphatic carbocycles. The maximum absolute atomic E-state index is 14.0. The van der Waals surface area contributed by atoms with E-state index in [0.29, 0.717) is 18.5 Å². The Morgan fingerprint density at radius 2 is 1.07 bits per heavy atom. The van der Waals surface area contributed by atoms with Crippen LogP contribution >= 0.6 is 11.3 Å². The molecule has 0 unspecified atom stereocenters. The van der Waals surface area contributed by atoms with Gasteiger partial charge < -0.3 is 35.1 Å². The van der Waals surface area contributed by atoms with Crippen LogP contribution in [0.4, 0.5) is 4.79 Å². The quantitative estimate of drug-likeness (QED) is 0.0966. The third-order valence-corrected chi connectivity index (χ3v) is 16.7. The standard InChI is InChI=1S/C55H70N8O5S/c1-31(2)44(58-33(5)64)50(65)62-29-53(6,7)25-42(62)48-56-27-40(59-48)34-13-17-36(18-14-34)46-38-23-55(21-11-12-22-55)24-39(38)47(69-46)37-19-15-35(16-20-37)41-28-57-49(60-41)43-26-54(8,9)30-63(43)51(66)45(32(3)4)61-52(67)68-10/h13-20,27-28,31-32,42-45H,11-12,21-26,29-30H2,1-10H3,(H,56,59)(H,57,60)(H,58,64)(H,61,67)/t42-,43-,44-,45-/m0/s1. The molecule has 4 atom stereocenters. The van der Waals surface area contributed by atoms with Gasteiger partial charge in [0, 0.05) is 29.8 Å². The fourth-order valence-electron chi connectivity index (χ4n) is 11.8.